The number of hydrogen-bond acceptors (Lipinski definition) is 3. The van der Waals surface area contributed by atoms with E-state index in [1.807, 2.05) is 13.8 Å². The highest BCUT2D eigenvalue weighted by atomic mass is 32.2. The van der Waals surface area contributed by atoms with Crippen LogP contribution in [0.25, 0.3) is 0 Å². The molecule has 0 N–H and O–H groups in total. The normalized spacial score (nSPS) is 32.6. The van der Waals surface area contributed by atoms with Crippen LogP contribution in [0.15, 0.2) is 41.3 Å². The van der Waals surface area contributed by atoms with Crippen LogP contribution in [0.1, 0.15) is 52.0 Å². The van der Waals surface area contributed by atoms with Gasteiger partial charge in [0, 0.05) is 5.41 Å². The lowest BCUT2D eigenvalue weighted by molar-refractivity contribution is -0.134. The van der Waals surface area contributed by atoms with Crippen LogP contribution in [-0.4, -0.2) is 19.5 Å². The molecule has 0 aromatic heterocycles. The number of benzene rings is 1. The molecule has 3 nitrogen and oxygen atoms in total. The van der Waals surface area contributed by atoms with Gasteiger partial charge in [0.05, 0.1) is 4.90 Å². The van der Waals surface area contributed by atoms with Gasteiger partial charge < -0.3 is 0 Å². The van der Waals surface area contributed by atoms with Crippen LogP contribution < -0.4 is 0 Å². The van der Waals surface area contributed by atoms with Gasteiger partial charge in [0.1, 0.15) is 5.25 Å². The SMILES string of the molecule is C=C1C[C@@H](S(=O)(=O)c2ccc(C)cc2)C(=O)[C@@]2(C)CC[C@@H](C(C)C)C[C@@H]12. The van der Waals surface area contributed by atoms with Crippen molar-refractivity contribution in [2.24, 2.45) is 23.2 Å². The van der Waals surface area contributed by atoms with E-state index in [2.05, 4.69) is 20.4 Å². The minimum atomic E-state index is -3.69. The summed E-state index contributed by atoms with van der Waals surface area (Å²) in [6, 6.07) is 6.80. The highest BCUT2D eigenvalue weighted by Gasteiger charge is 2.55. The van der Waals surface area contributed by atoms with Crippen molar-refractivity contribution in [3.05, 3.63) is 42.0 Å². The summed E-state index contributed by atoms with van der Waals surface area (Å²) in [5, 5.41) is -0.991. The summed E-state index contributed by atoms with van der Waals surface area (Å²) >= 11 is 0. The number of rotatable bonds is 3. The van der Waals surface area contributed by atoms with E-state index < -0.39 is 20.5 Å². The molecule has 0 radical (unpaired) electrons. The molecule has 0 bridgehead atoms. The average Bonchev–Trinajstić information content (AvgIpc) is 2.58. The molecule has 2 aliphatic rings. The molecule has 1 aromatic carbocycles. The van der Waals surface area contributed by atoms with Gasteiger partial charge in [0.15, 0.2) is 15.6 Å². The Balaban J connectivity index is 1.95. The molecule has 0 aliphatic heterocycles. The topological polar surface area (TPSA) is 51.2 Å². The molecular formula is C22H30O3S. The summed E-state index contributed by atoms with van der Waals surface area (Å²) in [6.07, 6.45) is 2.97. The van der Waals surface area contributed by atoms with Crippen molar-refractivity contribution in [3.8, 4) is 0 Å². The third-order valence-corrected chi connectivity index (χ3v) is 8.86. The predicted molar refractivity (Wildman–Crippen MR) is 105 cm³/mol. The van der Waals surface area contributed by atoms with E-state index >= 15 is 0 Å². The fourth-order valence-electron chi connectivity index (χ4n) is 4.84. The highest BCUT2D eigenvalue weighted by molar-refractivity contribution is 7.92. The zero-order valence-electron chi connectivity index (χ0n) is 16.3. The standard InChI is InChI=1S/C22H30O3S/c1-14(2)17-10-11-22(5)19(13-17)16(4)12-20(21(22)23)26(24,25)18-8-6-15(3)7-9-18/h6-9,14,17,19-20H,4,10-13H2,1-3,5H3/t17-,19+,20-,22+/m1/s1. The molecule has 4 atom stereocenters. The van der Waals surface area contributed by atoms with Crippen LogP contribution in [0.3, 0.4) is 0 Å². The number of allylic oxidation sites excluding steroid dienone is 1. The maximum Gasteiger partial charge on any atom is 0.188 e. The molecule has 0 spiro atoms. The van der Waals surface area contributed by atoms with Crippen molar-refractivity contribution < 1.29 is 13.2 Å². The molecule has 0 unspecified atom stereocenters. The number of carbonyl (C=O) groups is 1. The summed E-state index contributed by atoms with van der Waals surface area (Å²) in [5.41, 5.74) is 1.35. The summed E-state index contributed by atoms with van der Waals surface area (Å²) in [7, 11) is -3.69. The molecule has 0 amide bonds. The van der Waals surface area contributed by atoms with Gasteiger partial charge in [-0.1, -0.05) is 50.6 Å². The van der Waals surface area contributed by atoms with Crippen LogP contribution in [0.4, 0.5) is 0 Å². The fraction of sp³-hybridized carbons (Fsp3) is 0.591. The van der Waals surface area contributed by atoms with E-state index in [-0.39, 0.29) is 23.0 Å². The lowest BCUT2D eigenvalue weighted by Crippen LogP contribution is -2.53. The van der Waals surface area contributed by atoms with E-state index in [0.717, 1.165) is 30.4 Å². The summed E-state index contributed by atoms with van der Waals surface area (Å²) < 4.78 is 26.4. The first-order valence-electron chi connectivity index (χ1n) is 9.60. The molecule has 1 aromatic rings. The van der Waals surface area contributed by atoms with Crippen molar-refractivity contribution in [1.82, 2.24) is 0 Å². The van der Waals surface area contributed by atoms with Gasteiger partial charge >= 0.3 is 0 Å². The minimum absolute atomic E-state index is 0.0994. The summed E-state index contributed by atoms with van der Waals surface area (Å²) in [4.78, 5) is 13.6. The maximum atomic E-state index is 13.4. The third kappa shape index (κ3) is 3.06. The van der Waals surface area contributed by atoms with Gasteiger partial charge in [0.25, 0.3) is 0 Å². The monoisotopic (exact) mass is 374 g/mol. The molecule has 2 aliphatic carbocycles. The Kier molecular flexibility index (Phi) is 4.93. The van der Waals surface area contributed by atoms with Crippen LogP contribution in [-0.2, 0) is 14.6 Å². The lowest BCUT2D eigenvalue weighted by Gasteiger charge is -2.50. The number of aryl methyl sites for hydroxylation is 1. The molecule has 0 heterocycles. The number of ketones is 1. The second-order valence-corrected chi connectivity index (χ2v) is 11.0. The first kappa shape index (κ1) is 19.3. The number of sulfone groups is 1. The molecule has 0 saturated heterocycles. The Bertz CT molecular complexity index is 819. The summed E-state index contributed by atoms with van der Waals surface area (Å²) in [6.45, 7) is 12.6. The van der Waals surface area contributed by atoms with Gasteiger partial charge in [-0.15, -0.1) is 0 Å². The Labute approximate surface area is 157 Å². The molecule has 26 heavy (non-hydrogen) atoms. The quantitative estimate of drug-likeness (QED) is 0.718. The predicted octanol–water partition coefficient (Wildman–Crippen LogP) is 4.74. The van der Waals surface area contributed by atoms with E-state index in [9.17, 15) is 13.2 Å². The largest absolute Gasteiger partial charge is 0.298 e. The first-order valence-corrected chi connectivity index (χ1v) is 11.1. The van der Waals surface area contributed by atoms with Crippen molar-refractivity contribution in [2.75, 3.05) is 0 Å². The molecule has 3 rings (SSSR count). The average molecular weight is 375 g/mol. The molecule has 142 valence electrons. The van der Waals surface area contributed by atoms with Gasteiger partial charge in [0.2, 0.25) is 0 Å². The van der Waals surface area contributed by atoms with Crippen molar-refractivity contribution in [2.45, 2.75) is 63.5 Å². The lowest BCUT2D eigenvalue weighted by atomic mass is 9.55. The maximum absolute atomic E-state index is 13.4. The van der Waals surface area contributed by atoms with Crippen LogP contribution in [0, 0.1) is 30.1 Å². The van der Waals surface area contributed by atoms with Crippen LogP contribution in [0.2, 0.25) is 0 Å². The molecule has 4 heteroatoms. The van der Waals surface area contributed by atoms with Crippen LogP contribution in [0.5, 0.6) is 0 Å². The summed E-state index contributed by atoms with van der Waals surface area (Å²) in [5.74, 6) is 1.18. The number of hydrogen-bond donors (Lipinski definition) is 0. The van der Waals surface area contributed by atoms with Crippen molar-refractivity contribution >= 4 is 15.6 Å². The molecule has 2 fully saturated rings. The molecule has 2 saturated carbocycles. The van der Waals surface area contributed by atoms with Gasteiger partial charge in [-0.05, 0) is 62.5 Å². The van der Waals surface area contributed by atoms with E-state index in [0.29, 0.717) is 11.8 Å². The fourth-order valence-corrected chi connectivity index (χ4v) is 6.67. The van der Waals surface area contributed by atoms with Crippen molar-refractivity contribution in [1.29, 1.82) is 0 Å². The minimum Gasteiger partial charge on any atom is -0.298 e. The Morgan fingerprint density at radius 1 is 1.19 bits per heavy atom. The zero-order valence-corrected chi connectivity index (χ0v) is 17.1. The number of carbonyl (C=O) groups excluding carboxylic acids is 1. The number of Topliss-reactive ketones (excluding diaryl/α,β-unsaturated/α-hetero) is 1. The van der Waals surface area contributed by atoms with E-state index in [4.69, 9.17) is 0 Å². The smallest absolute Gasteiger partial charge is 0.188 e. The van der Waals surface area contributed by atoms with E-state index in [1.165, 1.54) is 0 Å². The van der Waals surface area contributed by atoms with Gasteiger partial charge in [-0.2, -0.15) is 0 Å². The highest BCUT2D eigenvalue weighted by Crippen LogP contribution is 2.54. The second-order valence-electron chi connectivity index (χ2n) is 8.82. The van der Waals surface area contributed by atoms with Crippen molar-refractivity contribution in [3.63, 3.8) is 0 Å². The van der Waals surface area contributed by atoms with Crippen LogP contribution >= 0.6 is 0 Å². The second kappa shape index (κ2) is 6.63. The zero-order chi connectivity index (χ0) is 19.3. The number of fused-ring (bicyclic) bond motifs is 1. The third-order valence-electron chi connectivity index (χ3n) is 6.80. The Hall–Kier alpha value is -1.42. The Morgan fingerprint density at radius 2 is 1.81 bits per heavy atom. The van der Waals surface area contributed by atoms with E-state index in [1.54, 1.807) is 24.3 Å². The Morgan fingerprint density at radius 3 is 2.38 bits per heavy atom. The van der Waals surface area contributed by atoms with Gasteiger partial charge in [-0.25, -0.2) is 8.42 Å². The first-order chi connectivity index (χ1) is 12.1. The molecular weight excluding hydrogens is 344 g/mol. The van der Waals surface area contributed by atoms with Gasteiger partial charge in [-0.3, -0.25) is 4.79 Å².